The topological polar surface area (TPSA) is 118 Å². The molecule has 0 saturated carbocycles. The predicted octanol–water partition coefficient (Wildman–Crippen LogP) is 2.40. The van der Waals surface area contributed by atoms with Crippen molar-refractivity contribution in [2.45, 2.75) is 32.9 Å². The minimum atomic E-state index is -0.528. The van der Waals surface area contributed by atoms with Gasteiger partial charge in [0.05, 0.1) is 4.92 Å². The summed E-state index contributed by atoms with van der Waals surface area (Å²) in [4.78, 5) is 25.8. The highest BCUT2D eigenvalue weighted by atomic mass is 127. The van der Waals surface area contributed by atoms with E-state index in [0.717, 1.165) is 5.56 Å². The SMILES string of the molecule is CN=C(NCCNC(=O)OC(C)(C)C)NCc1ccc([N+](=O)[O-])cc1.I. The second-order valence-electron chi connectivity index (χ2n) is 6.20. The van der Waals surface area contributed by atoms with E-state index in [1.807, 2.05) is 0 Å². The molecule has 146 valence electrons. The molecule has 1 amide bonds. The summed E-state index contributed by atoms with van der Waals surface area (Å²) in [5, 5.41) is 19.4. The van der Waals surface area contributed by atoms with Gasteiger partial charge in [0.15, 0.2) is 5.96 Å². The lowest BCUT2D eigenvalue weighted by molar-refractivity contribution is -0.384. The third-order valence-corrected chi connectivity index (χ3v) is 2.92. The van der Waals surface area contributed by atoms with Crippen LogP contribution in [0.25, 0.3) is 0 Å². The van der Waals surface area contributed by atoms with E-state index in [1.165, 1.54) is 12.1 Å². The zero-order valence-electron chi connectivity index (χ0n) is 15.4. The maximum Gasteiger partial charge on any atom is 0.407 e. The first-order valence-corrected chi connectivity index (χ1v) is 7.86. The highest BCUT2D eigenvalue weighted by Crippen LogP contribution is 2.11. The van der Waals surface area contributed by atoms with E-state index in [4.69, 9.17) is 4.74 Å². The molecule has 0 atom stereocenters. The van der Waals surface area contributed by atoms with Gasteiger partial charge in [0.1, 0.15) is 5.60 Å². The number of alkyl carbamates (subject to hydrolysis) is 1. The summed E-state index contributed by atoms with van der Waals surface area (Å²) >= 11 is 0. The molecule has 0 saturated heterocycles. The lowest BCUT2D eigenvalue weighted by Gasteiger charge is -2.19. The van der Waals surface area contributed by atoms with Crippen molar-refractivity contribution in [2.75, 3.05) is 20.1 Å². The number of guanidine groups is 1. The molecular weight excluding hydrogens is 453 g/mol. The predicted molar refractivity (Wildman–Crippen MR) is 111 cm³/mol. The van der Waals surface area contributed by atoms with Gasteiger partial charge in [-0.1, -0.05) is 12.1 Å². The number of nitro groups is 1. The van der Waals surface area contributed by atoms with Crippen molar-refractivity contribution in [1.82, 2.24) is 16.0 Å². The second-order valence-corrected chi connectivity index (χ2v) is 6.20. The van der Waals surface area contributed by atoms with E-state index < -0.39 is 16.6 Å². The molecule has 0 fully saturated rings. The largest absolute Gasteiger partial charge is 0.444 e. The number of carbonyl (C=O) groups is 1. The highest BCUT2D eigenvalue weighted by molar-refractivity contribution is 14.0. The molecular formula is C16H26IN5O4. The highest BCUT2D eigenvalue weighted by Gasteiger charge is 2.15. The lowest BCUT2D eigenvalue weighted by atomic mass is 10.2. The molecule has 0 radical (unpaired) electrons. The summed E-state index contributed by atoms with van der Waals surface area (Å²) in [6, 6.07) is 6.28. The second kappa shape index (κ2) is 11.5. The van der Waals surface area contributed by atoms with Gasteiger partial charge in [-0.2, -0.15) is 0 Å². The first kappa shape index (κ1) is 23.9. The normalized spacial score (nSPS) is 11.2. The van der Waals surface area contributed by atoms with Crippen LogP contribution in [0.1, 0.15) is 26.3 Å². The summed E-state index contributed by atoms with van der Waals surface area (Å²) < 4.78 is 5.13. The number of nitro benzene ring substituents is 1. The molecule has 1 aromatic carbocycles. The van der Waals surface area contributed by atoms with Crippen LogP contribution in [0.4, 0.5) is 10.5 Å². The molecule has 0 aliphatic rings. The molecule has 26 heavy (non-hydrogen) atoms. The van der Waals surface area contributed by atoms with Crippen LogP contribution in [0.15, 0.2) is 29.3 Å². The Morgan fingerprint density at radius 1 is 1.15 bits per heavy atom. The van der Waals surface area contributed by atoms with Crippen LogP contribution < -0.4 is 16.0 Å². The Hall–Kier alpha value is -2.11. The van der Waals surface area contributed by atoms with Gasteiger partial charge in [-0.3, -0.25) is 15.1 Å². The van der Waals surface area contributed by atoms with E-state index in [0.29, 0.717) is 25.6 Å². The van der Waals surface area contributed by atoms with Gasteiger partial charge in [-0.25, -0.2) is 4.79 Å². The van der Waals surface area contributed by atoms with Crippen LogP contribution >= 0.6 is 24.0 Å². The van der Waals surface area contributed by atoms with Crippen LogP contribution in [0, 0.1) is 10.1 Å². The van der Waals surface area contributed by atoms with Gasteiger partial charge < -0.3 is 20.7 Å². The summed E-state index contributed by atoms with van der Waals surface area (Å²) in [6.07, 6.45) is -0.469. The Morgan fingerprint density at radius 3 is 2.23 bits per heavy atom. The molecule has 0 aromatic heterocycles. The molecule has 0 bridgehead atoms. The number of hydrogen-bond acceptors (Lipinski definition) is 5. The molecule has 0 heterocycles. The Morgan fingerprint density at radius 2 is 1.73 bits per heavy atom. The molecule has 0 aliphatic carbocycles. The van der Waals surface area contributed by atoms with Gasteiger partial charge in [-0.15, -0.1) is 24.0 Å². The van der Waals surface area contributed by atoms with Crippen LogP contribution in [0.3, 0.4) is 0 Å². The standard InChI is InChI=1S/C16H25N5O4.HI/c1-16(2,3)25-15(22)19-10-9-18-14(17-4)20-11-12-5-7-13(8-6-12)21(23)24;/h5-8H,9-11H2,1-4H3,(H,19,22)(H2,17,18,20);1H. The van der Waals surface area contributed by atoms with E-state index in [1.54, 1.807) is 40.0 Å². The molecule has 0 spiro atoms. The number of amides is 1. The van der Waals surface area contributed by atoms with Gasteiger partial charge in [0, 0.05) is 38.8 Å². The lowest BCUT2D eigenvalue weighted by Crippen LogP contribution is -2.42. The van der Waals surface area contributed by atoms with E-state index >= 15 is 0 Å². The number of ether oxygens (including phenoxy) is 1. The van der Waals surface area contributed by atoms with Crippen LogP contribution in [0.5, 0.6) is 0 Å². The average molecular weight is 479 g/mol. The van der Waals surface area contributed by atoms with E-state index in [2.05, 4.69) is 20.9 Å². The molecule has 9 nitrogen and oxygen atoms in total. The maximum absolute atomic E-state index is 11.5. The minimum Gasteiger partial charge on any atom is -0.444 e. The zero-order valence-corrected chi connectivity index (χ0v) is 17.7. The third kappa shape index (κ3) is 10.0. The van der Waals surface area contributed by atoms with Crippen molar-refractivity contribution in [3.8, 4) is 0 Å². The first-order chi connectivity index (χ1) is 11.7. The van der Waals surface area contributed by atoms with E-state index in [9.17, 15) is 14.9 Å². The van der Waals surface area contributed by atoms with Gasteiger partial charge in [0.2, 0.25) is 0 Å². The Bertz CT molecular complexity index is 614. The fraction of sp³-hybridized carbons (Fsp3) is 0.500. The third-order valence-electron chi connectivity index (χ3n) is 2.92. The Balaban J connectivity index is 0.00000625. The van der Waals surface area contributed by atoms with Gasteiger partial charge in [0.25, 0.3) is 5.69 Å². The summed E-state index contributed by atoms with van der Waals surface area (Å²) in [5.41, 5.74) is 0.416. The fourth-order valence-electron chi connectivity index (χ4n) is 1.80. The van der Waals surface area contributed by atoms with Crippen LogP contribution in [-0.2, 0) is 11.3 Å². The fourth-order valence-corrected chi connectivity index (χ4v) is 1.80. The molecule has 0 unspecified atom stereocenters. The van der Waals surface area contributed by atoms with Crippen molar-refractivity contribution in [1.29, 1.82) is 0 Å². The van der Waals surface area contributed by atoms with Gasteiger partial charge >= 0.3 is 6.09 Å². The van der Waals surface area contributed by atoms with Crippen LogP contribution in [-0.4, -0.2) is 42.7 Å². The van der Waals surface area contributed by atoms with Gasteiger partial charge in [-0.05, 0) is 26.3 Å². The van der Waals surface area contributed by atoms with Crippen molar-refractivity contribution < 1.29 is 14.5 Å². The molecule has 0 aliphatic heterocycles. The number of halogens is 1. The monoisotopic (exact) mass is 479 g/mol. The molecule has 1 aromatic rings. The number of nitrogens with zero attached hydrogens (tertiary/aromatic N) is 2. The smallest absolute Gasteiger partial charge is 0.407 e. The maximum atomic E-state index is 11.5. The van der Waals surface area contributed by atoms with Crippen molar-refractivity contribution >= 4 is 41.7 Å². The first-order valence-electron chi connectivity index (χ1n) is 7.86. The number of hydrogen-bond donors (Lipinski definition) is 3. The summed E-state index contributed by atoms with van der Waals surface area (Å²) in [5.74, 6) is 0.560. The average Bonchev–Trinajstić information content (AvgIpc) is 2.53. The van der Waals surface area contributed by atoms with Crippen molar-refractivity contribution in [2.24, 2.45) is 4.99 Å². The number of benzene rings is 1. The number of rotatable bonds is 6. The summed E-state index contributed by atoms with van der Waals surface area (Å²) in [7, 11) is 1.63. The van der Waals surface area contributed by atoms with Crippen molar-refractivity contribution in [3.05, 3.63) is 39.9 Å². The number of non-ortho nitro benzene ring substituents is 1. The molecule has 3 N–H and O–H groups in total. The van der Waals surface area contributed by atoms with E-state index in [-0.39, 0.29) is 29.7 Å². The Kier molecular flexibility index (Phi) is 10.6. The number of carbonyl (C=O) groups excluding carboxylic acids is 1. The Labute approximate surface area is 170 Å². The molecule has 10 heteroatoms. The number of aliphatic imine (C=N–C) groups is 1. The van der Waals surface area contributed by atoms with Crippen molar-refractivity contribution in [3.63, 3.8) is 0 Å². The zero-order chi connectivity index (χ0) is 18.9. The summed E-state index contributed by atoms with van der Waals surface area (Å²) in [6.45, 7) is 6.72. The molecule has 1 rings (SSSR count). The minimum absolute atomic E-state index is 0. The quantitative estimate of drug-likeness (QED) is 0.144. The number of nitrogens with one attached hydrogen (secondary N) is 3. The van der Waals surface area contributed by atoms with Crippen LogP contribution in [0.2, 0.25) is 0 Å².